The van der Waals surface area contributed by atoms with Gasteiger partial charge in [0.05, 0.1) is 15.7 Å². The van der Waals surface area contributed by atoms with Crippen molar-refractivity contribution in [2.75, 3.05) is 0 Å². The number of hydrogen-bond donors (Lipinski definition) is 1. The first-order chi connectivity index (χ1) is 7.67. The van der Waals surface area contributed by atoms with E-state index >= 15 is 0 Å². The van der Waals surface area contributed by atoms with Crippen molar-refractivity contribution in [3.05, 3.63) is 28.8 Å². The molecule has 0 aliphatic rings. The number of rotatable bonds is 3. The van der Waals surface area contributed by atoms with E-state index in [2.05, 4.69) is 0 Å². The fourth-order valence-corrected chi connectivity index (χ4v) is 2.89. The molecule has 0 aliphatic carbocycles. The molecular formula is C12H16O4S. The molecule has 17 heavy (non-hydrogen) atoms. The predicted molar refractivity (Wildman–Crippen MR) is 65.2 cm³/mol. The Bertz CT molecular complexity index is 556. The summed E-state index contributed by atoms with van der Waals surface area (Å²) in [6.07, 6.45) is 0. The molecule has 0 saturated carbocycles. The lowest BCUT2D eigenvalue weighted by Gasteiger charge is -2.13. The van der Waals surface area contributed by atoms with E-state index in [1.807, 2.05) is 0 Å². The van der Waals surface area contributed by atoms with Gasteiger partial charge in [0.2, 0.25) is 0 Å². The Morgan fingerprint density at radius 2 is 1.76 bits per heavy atom. The molecule has 1 N–H and O–H groups in total. The number of aromatic carboxylic acids is 1. The number of benzene rings is 1. The van der Waals surface area contributed by atoms with Crippen LogP contribution in [0.2, 0.25) is 0 Å². The molecule has 0 fully saturated rings. The molecule has 0 atom stereocenters. The number of carboxylic acids is 1. The van der Waals surface area contributed by atoms with Crippen molar-refractivity contribution >= 4 is 15.8 Å². The summed E-state index contributed by atoms with van der Waals surface area (Å²) in [6, 6.07) is 2.72. The largest absolute Gasteiger partial charge is 0.478 e. The van der Waals surface area contributed by atoms with Crippen molar-refractivity contribution in [1.29, 1.82) is 0 Å². The maximum Gasteiger partial charge on any atom is 0.335 e. The quantitative estimate of drug-likeness (QED) is 0.899. The third-order valence-electron chi connectivity index (χ3n) is 2.79. The van der Waals surface area contributed by atoms with E-state index in [4.69, 9.17) is 5.11 Å². The summed E-state index contributed by atoms with van der Waals surface area (Å²) in [5, 5.41) is 8.37. The first kappa shape index (κ1) is 13.7. The van der Waals surface area contributed by atoms with Crippen molar-refractivity contribution < 1.29 is 18.3 Å². The summed E-state index contributed by atoms with van der Waals surface area (Å²) >= 11 is 0. The molecule has 0 unspecified atom stereocenters. The Morgan fingerprint density at radius 3 is 2.18 bits per heavy atom. The molecule has 0 heterocycles. The van der Waals surface area contributed by atoms with E-state index in [-0.39, 0.29) is 10.5 Å². The molecule has 1 aromatic carbocycles. The van der Waals surface area contributed by atoms with Gasteiger partial charge in [-0.2, -0.15) is 0 Å². The zero-order valence-corrected chi connectivity index (χ0v) is 11.1. The van der Waals surface area contributed by atoms with E-state index in [0.717, 1.165) is 0 Å². The van der Waals surface area contributed by atoms with E-state index in [1.54, 1.807) is 27.7 Å². The van der Waals surface area contributed by atoms with Gasteiger partial charge in [-0.3, -0.25) is 0 Å². The zero-order valence-electron chi connectivity index (χ0n) is 10.3. The van der Waals surface area contributed by atoms with Crippen molar-refractivity contribution in [2.45, 2.75) is 37.8 Å². The van der Waals surface area contributed by atoms with Gasteiger partial charge in [0.25, 0.3) is 0 Å². The topological polar surface area (TPSA) is 71.4 Å². The molecule has 1 rings (SSSR count). The smallest absolute Gasteiger partial charge is 0.335 e. The van der Waals surface area contributed by atoms with E-state index in [0.29, 0.717) is 11.1 Å². The standard InChI is InChI=1S/C12H16O4S/c1-7(2)17(15,16)11-6-10(12(13)14)5-8(3)9(11)4/h5-7H,1-4H3,(H,13,14). The normalized spacial score (nSPS) is 11.8. The first-order valence-electron chi connectivity index (χ1n) is 5.26. The van der Waals surface area contributed by atoms with Gasteiger partial charge in [0.1, 0.15) is 0 Å². The number of hydrogen-bond acceptors (Lipinski definition) is 3. The van der Waals surface area contributed by atoms with Gasteiger partial charge in [-0.1, -0.05) is 0 Å². The average Bonchev–Trinajstić information content (AvgIpc) is 2.20. The van der Waals surface area contributed by atoms with Crippen LogP contribution in [0, 0.1) is 13.8 Å². The molecule has 0 saturated heterocycles. The molecule has 0 amide bonds. The zero-order chi connectivity index (χ0) is 13.4. The highest BCUT2D eigenvalue weighted by Gasteiger charge is 2.23. The van der Waals surface area contributed by atoms with Crippen molar-refractivity contribution in [3.8, 4) is 0 Å². The molecule has 0 aliphatic heterocycles. The van der Waals surface area contributed by atoms with Gasteiger partial charge < -0.3 is 5.11 Å². The van der Waals surface area contributed by atoms with E-state index in [9.17, 15) is 13.2 Å². The Labute approximate surface area is 101 Å². The van der Waals surface area contributed by atoms with Crippen molar-refractivity contribution in [1.82, 2.24) is 0 Å². The maximum absolute atomic E-state index is 12.1. The van der Waals surface area contributed by atoms with Crippen LogP contribution in [0.4, 0.5) is 0 Å². The van der Waals surface area contributed by atoms with Crippen LogP contribution in [0.15, 0.2) is 17.0 Å². The van der Waals surface area contributed by atoms with Crippen LogP contribution < -0.4 is 0 Å². The summed E-state index contributed by atoms with van der Waals surface area (Å²) < 4.78 is 24.2. The van der Waals surface area contributed by atoms with Gasteiger partial charge in [0.15, 0.2) is 9.84 Å². The highest BCUT2D eigenvalue weighted by molar-refractivity contribution is 7.92. The van der Waals surface area contributed by atoms with E-state index in [1.165, 1.54) is 12.1 Å². The predicted octanol–water partition coefficient (Wildman–Crippen LogP) is 2.18. The summed E-state index contributed by atoms with van der Waals surface area (Å²) in [4.78, 5) is 11.0. The van der Waals surface area contributed by atoms with Gasteiger partial charge in [-0.15, -0.1) is 0 Å². The van der Waals surface area contributed by atoms with Crippen LogP contribution in [0.5, 0.6) is 0 Å². The third-order valence-corrected chi connectivity index (χ3v) is 5.07. The molecule has 5 heteroatoms. The van der Waals surface area contributed by atoms with Gasteiger partial charge >= 0.3 is 5.97 Å². The Hall–Kier alpha value is -1.36. The van der Waals surface area contributed by atoms with Crippen LogP contribution in [0.1, 0.15) is 35.3 Å². The van der Waals surface area contributed by atoms with Crippen LogP contribution >= 0.6 is 0 Å². The third kappa shape index (κ3) is 2.49. The van der Waals surface area contributed by atoms with Gasteiger partial charge in [0, 0.05) is 0 Å². The van der Waals surface area contributed by atoms with Crippen molar-refractivity contribution in [2.24, 2.45) is 0 Å². The highest BCUT2D eigenvalue weighted by Crippen LogP contribution is 2.24. The molecule has 0 aromatic heterocycles. The summed E-state index contributed by atoms with van der Waals surface area (Å²) in [5.74, 6) is -1.12. The SMILES string of the molecule is Cc1cc(C(=O)O)cc(S(=O)(=O)C(C)C)c1C. The molecule has 1 aromatic rings. The number of carbonyl (C=O) groups is 1. The van der Waals surface area contributed by atoms with Crippen LogP contribution in [-0.4, -0.2) is 24.7 Å². The van der Waals surface area contributed by atoms with E-state index < -0.39 is 21.1 Å². The maximum atomic E-state index is 12.1. The second-order valence-electron chi connectivity index (χ2n) is 4.32. The summed E-state index contributed by atoms with van der Waals surface area (Å²) in [5.41, 5.74) is 1.29. The number of aryl methyl sites for hydroxylation is 1. The fraction of sp³-hybridized carbons (Fsp3) is 0.417. The molecular weight excluding hydrogens is 240 g/mol. The fourth-order valence-electron chi connectivity index (χ4n) is 1.50. The molecule has 0 radical (unpaired) electrons. The summed E-state index contributed by atoms with van der Waals surface area (Å²) in [6.45, 7) is 6.56. The molecule has 94 valence electrons. The Morgan fingerprint density at radius 1 is 1.24 bits per heavy atom. The molecule has 4 nitrogen and oxygen atoms in total. The Balaban J connectivity index is 3.60. The molecule has 0 spiro atoms. The minimum atomic E-state index is -3.45. The lowest BCUT2D eigenvalue weighted by molar-refractivity contribution is 0.0696. The monoisotopic (exact) mass is 256 g/mol. The van der Waals surface area contributed by atoms with Crippen LogP contribution in [0.3, 0.4) is 0 Å². The highest BCUT2D eigenvalue weighted by atomic mass is 32.2. The van der Waals surface area contributed by atoms with Gasteiger partial charge in [-0.05, 0) is 51.0 Å². The number of sulfone groups is 1. The number of carboxylic acid groups (broad SMARTS) is 1. The lowest BCUT2D eigenvalue weighted by Crippen LogP contribution is -2.16. The minimum absolute atomic E-state index is 0.00678. The van der Waals surface area contributed by atoms with Crippen molar-refractivity contribution in [3.63, 3.8) is 0 Å². The summed E-state index contributed by atoms with van der Waals surface area (Å²) in [7, 11) is -3.45. The van der Waals surface area contributed by atoms with Crippen LogP contribution in [-0.2, 0) is 9.84 Å². The minimum Gasteiger partial charge on any atom is -0.478 e. The van der Waals surface area contributed by atoms with Crippen LogP contribution in [0.25, 0.3) is 0 Å². The molecule has 0 bridgehead atoms. The first-order valence-corrected chi connectivity index (χ1v) is 6.81. The second-order valence-corrected chi connectivity index (χ2v) is 6.79. The lowest BCUT2D eigenvalue weighted by atomic mass is 10.1. The van der Waals surface area contributed by atoms with Gasteiger partial charge in [-0.25, -0.2) is 13.2 Å². The average molecular weight is 256 g/mol. The second kappa shape index (κ2) is 4.49. The Kier molecular flexibility index (Phi) is 3.62.